The van der Waals surface area contributed by atoms with Crippen molar-refractivity contribution in [3.05, 3.63) is 41.3 Å². The molecule has 4 rings (SSSR count). The highest BCUT2D eigenvalue weighted by Gasteiger charge is 2.26. The van der Waals surface area contributed by atoms with E-state index in [1.54, 1.807) is 0 Å². The molecule has 0 N–H and O–H groups in total. The van der Waals surface area contributed by atoms with Crippen LogP contribution in [0.5, 0.6) is 0 Å². The van der Waals surface area contributed by atoms with Gasteiger partial charge in [-0.1, -0.05) is 31.5 Å². The smallest absolute Gasteiger partial charge is 0.226 e. The van der Waals surface area contributed by atoms with E-state index in [1.807, 2.05) is 6.92 Å². The van der Waals surface area contributed by atoms with Crippen molar-refractivity contribution in [3.63, 3.8) is 0 Å². The van der Waals surface area contributed by atoms with Gasteiger partial charge in [0, 0.05) is 37.5 Å². The molecule has 0 aliphatic carbocycles. The number of oxazole rings is 1. The summed E-state index contributed by atoms with van der Waals surface area (Å²) in [7, 11) is 0. The molecule has 0 radical (unpaired) electrons. The van der Waals surface area contributed by atoms with E-state index in [0.717, 1.165) is 87.1 Å². The lowest BCUT2D eigenvalue weighted by molar-refractivity contribution is -0.124. The first-order valence-corrected chi connectivity index (χ1v) is 13.4. The molecule has 5 heteroatoms. The lowest BCUT2D eigenvalue weighted by Crippen LogP contribution is -2.39. The highest BCUT2D eigenvalue weighted by molar-refractivity contribution is 5.81. The summed E-state index contributed by atoms with van der Waals surface area (Å²) in [5.41, 5.74) is 3.27. The Morgan fingerprint density at radius 2 is 1.68 bits per heavy atom. The lowest BCUT2D eigenvalue weighted by atomic mass is 9.89. The minimum atomic E-state index is 0.243. The van der Waals surface area contributed by atoms with Crippen molar-refractivity contribution in [2.45, 2.75) is 72.8 Å². The number of hydrogen-bond donors (Lipinski definition) is 0. The molecule has 0 amide bonds. The number of unbranched alkanes of at least 4 members (excludes halogenated alkanes) is 1. The van der Waals surface area contributed by atoms with Crippen LogP contribution >= 0.6 is 0 Å². The van der Waals surface area contributed by atoms with Crippen LogP contribution in [0.4, 0.5) is 0 Å². The normalized spacial score (nSPS) is 22.8. The van der Waals surface area contributed by atoms with Crippen molar-refractivity contribution in [1.82, 2.24) is 14.8 Å². The predicted molar refractivity (Wildman–Crippen MR) is 138 cm³/mol. The van der Waals surface area contributed by atoms with E-state index in [2.05, 4.69) is 54.8 Å². The summed E-state index contributed by atoms with van der Waals surface area (Å²) in [4.78, 5) is 22.6. The van der Waals surface area contributed by atoms with E-state index in [9.17, 15) is 4.79 Å². The largest absolute Gasteiger partial charge is 0.441 e. The third kappa shape index (κ3) is 6.79. The first-order valence-electron chi connectivity index (χ1n) is 13.4. The van der Waals surface area contributed by atoms with Crippen LogP contribution in [0.1, 0.15) is 69.4 Å². The van der Waals surface area contributed by atoms with Crippen LogP contribution in [-0.2, 0) is 11.3 Å². The molecule has 0 spiro atoms. The van der Waals surface area contributed by atoms with Crippen LogP contribution < -0.4 is 0 Å². The van der Waals surface area contributed by atoms with Crippen LogP contribution in [0.3, 0.4) is 0 Å². The summed E-state index contributed by atoms with van der Waals surface area (Å²) < 4.78 is 5.96. The Morgan fingerprint density at radius 3 is 2.35 bits per heavy atom. The van der Waals surface area contributed by atoms with Crippen molar-refractivity contribution in [2.75, 3.05) is 32.7 Å². The summed E-state index contributed by atoms with van der Waals surface area (Å²) in [5.74, 6) is 3.95. The van der Waals surface area contributed by atoms with Crippen LogP contribution in [0.2, 0.25) is 0 Å². The van der Waals surface area contributed by atoms with Gasteiger partial charge in [-0.3, -0.25) is 9.69 Å². The summed E-state index contributed by atoms with van der Waals surface area (Å²) in [6, 6.07) is 8.31. The van der Waals surface area contributed by atoms with Crippen molar-refractivity contribution in [1.29, 1.82) is 0 Å². The fourth-order valence-electron chi connectivity index (χ4n) is 5.83. The van der Waals surface area contributed by atoms with E-state index in [0.29, 0.717) is 11.7 Å². The first kappa shape index (κ1) is 25.1. The molecule has 2 saturated heterocycles. The maximum absolute atomic E-state index is 12.8. The van der Waals surface area contributed by atoms with Gasteiger partial charge in [-0.25, -0.2) is 4.98 Å². The Bertz CT molecular complexity index is 917. The number of ketones is 1. The molecule has 3 heterocycles. The molecule has 2 aromatic rings. The Morgan fingerprint density at radius 1 is 1.00 bits per heavy atom. The average Bonchev–Trinajstić information content (AvgIpc) is 3.17. The van der Waals surface area contributed by atoms with Crippen molar-refractivity contribution in [2.24, 2.45) is 17.8 Å². The molecule has 2 aliphatic heterocycles. The van der Waals surface area contributed by atoms with Crippen molar-refractivity contribution in [3.8, 4) is 11.5 Å². The maximum atomic E-state index is 12.8. The highest BCUT2D eigenvalue weighted by Crippen LogP contribution is 2.26. The number of likely N-dealkylation sites (tertiary alicyclic amines) is 2. The Kier molecular flexibility index (Phi) is 8.60. The fourth-order valence-corrected chi connectivity index (χ4v) is 5.83. The SMILES string of the molecule is Cc1ccc(-c2nc(CN3CCC(C(=O)CCCCN4C[C@H](C)C[C@H](C)C4)CC3)c(C)o2)cc1. The average molecular weight is 466 g/mol. The van der Waals surface area contributed by atoms with Gasteiger partial charge in [0.25, 0.3) is 0 Å². The first-order chi connectivity index (χ1) is 16.4. The number of benzene rings is 1. The van der Waals surface area contributed by atoms with Gasteiger partial charge in [0.2, 0.25) is 5.89 Å². The zero-order valence-electron chi connectivity index (χ0n) is 21.7. The molecule has 2 fully saturated rings. The van der Waals surface area contributed by atoms with E-state index >= 15 is 0 Å². The molecular formula is C29H43N3O2. The zero-order valence-corrected chi connectivity index (χ0v) is 21.7. The minimum absolute atomic E-state index is 0.243. The summed E-state index contributed by atoms with van der Waals surface area (Å²) >= 11 is 0. The Balaban J connectivity index is 1.17. The van der Waals surface area contributed by atoms with E-state index in [1.165, 1.54) is 25.1 Å². The number of carbonyl (C=O) groups excluding carboxylic acids is 1. The van der Waals surface area contributed by atoms with Crippen LogP contribution in [0.25, 0.3) is 11.5 Å². The molecular weight excluding hydrogens is 422 g/mol. The third-order valence-electron chi connectivity index (χ3n) is 7.70. The van der Waals surface area contributed by atoms with Crippen molar-refractivity contribution >= 4 is 5.78 Å². The zero-order chi connectivity index (χ0) is 24.1. The van der Waals surface area contributed by atoms with Gasteiger partial charge in [0.1, 0.15) is 11.5 Å². The van der Waals surface area contributed by atoms with Crippen molar-refractivity contribution < 1.29 is 9.21 Å². The number of nitrogens with zero attached hydrogens (tertiary/aromatic N) is 3. The molecule has 0 unspecified atom stereocenters. The quantitative estimate of drug-likeness (QED) is 0.432. The molecule has 2 atom stereocenters. The number of carbonyl (C=O) groups is 1. The Hall–Kier alpha value is -1.98. The van der Waals surface area contributed by atoms with Gasteiger partial charge in [-0.05, 0) is 89.6 Å². The maximum Gasteiger partial charge on any atom is 0.226 e. The van der Waals surface area contributed by atoms with Crippen LogP contribution in [0.15, 0.2) is 28.7 Å². The van der Waals surface area contributed by atoms with E-state index in [-0.39, 0.29) is 5.92 Å². The molecule has 1 aromatic carbocycles. The van der Waals surface area contributed by atoms with Gasteiger partial charge in [0.15, 0.2) is 0 Å². The van der Waals surface area contributed by atoms with Gasteiger partial charge in [-0.2, -0.15) is 0 Å². The lowest BCUT2D eigenvalue weighted by Gasteiger charge is -2.35. The number of aromatic nitrogens is 1. The van der Waals surface area contributed by atoms with Gasteiger partial charge in [-0.15, -0.1) is 0 Å². The van der Waals surface area contributed by atoms with Crippen LogP contribution in [-0.4, -0.2) is 53.3 Å². The predicted octanol–water partition coefficient (Wildman–Crippen LogP) is 5.89. The number of rotatable bonds is 9. The monoisotopic (exact) mass is 465 g/mol. The summed E-state index contributed by atoms with van der Waals surface area (Å²) in [6.45, 7) is 15.2. The van der Waals surface area contributed by atoms with E-state index < -0.39 is 0 Å². The number of piperidine rings is 2. The standard InChI is InChI=1S/C29H43N3O2/c1-21-8-10-26(11-9-21)29-30-27(24(4)34-29)20-31-15-12-25(13-16-31)28(33)7-5-6-14-32-18-22(2)17-23(3)19-32/h8-11,22-23,25H,5-7,12-20H2,1-4H3/t22-,23+. The summed E-state index contributed by atoms with van der Waals surface area (Å²) in [6.07, 6.45) is 6.25. The second-order valence-electron chi connectivity index (χ2n) is 11.1. The van der Waals surface area contributed by atoms with Gasteiger partial charge in [0.05, 0.1) is 5.69 Å². The molecule has 0 saturated carbocycles. The van der Waals surface area contributed by atoms with Crippen LogP contribution in [0, 0.1) is 31.6 Å². The molecule has 0 bridgehead atoms. The number of Topliss-reactive ketones (excluding diaryl/α,β-unsaturated/α-hetero) is 1. The Labute approximate surface area is 205 Å². The van der Waals surface area contributed by atoms with Gasteiger partial charge < -0.3 is 9.32 Å². The fraction of sp³-hybridized carbons (Fsp3) is 0.655. The number of hydrogen-bond acceptors (Lipinski definition) is 5. The third-order valence-corrected chi connectivity index (χ3v) is 7.70. The molecule has 34 heavy (non-hydrogen) atoms. The molecule has 5 nitrogen and oxygen atoms in total. The topological polar surface area (TPSA) is 49.6 Å². The van der Waals surface area contributed by atoms with E-state index in [4.69, 9.17) is 9.40 Å². The minimum Gasteiger partial charge on any atom is -0.441 e. The second-order valence-corrected chi connectivity index (χ2v) is 11.1. The number of aryl methyl sites for hydroxylation is 2. The highest BCUT2D eigenvalue weighted by atomic mass is 16.4. The molecule has 1 aromatic heterocycles. The summed E-state index contributed by atoms with van der Waals surface area (Å²) in [5, 5.41) is 0. The second kappa shape index (κ2) is 11.6. The molecule has 2 aliphatic rings. The molecule has 186 valence electrons. The van der Waals surface area contributed by atoms with Gasteiger partial charge >= 0.3 is 0 Å².